The Balaban J connectivity index is 2.58. The van der Waals surface area contributed by atoms with Crippen LogP contribution in [-0.4, -0.2) is 24.4 Å². The number of benzene rings is 1. The predicted molar refractivity (Wildman–Crippen MR) is 71.3 cm³/mol. The molecule has 0 aliphatic heterocycles. The van der Waals surface area contributed by atoms with Crippen molar-refractivity contribution in [2.45, 2.75) is 21.7 Å². The van der Waals surface area contributed by atoms with Crippen molar-refractivity contribution in [3.63, 3.8) is 0 Å². The molecule has 0 spiro atoms. The number of nitrogens with zero attached hydrogens (tertiary/aromatic N) is 1. The average Bonchev–Trinajstić information content (AvgIpc) is 2.73. The summed E-state index contributed by atoms with van der Waals surface area (Å²) in [7, 11) is -3.62. The summed E-state index contributed by atoms with van der Waals surface area (Å²) in [6, 6.07) is 8.20. The van der Waals surface area contributed by atoms with Crippen molar-refractivity contribution in [1.29, 1.82) is 0 Å². The highest BCUT2D eigenvalue weighted by Gasteiger charge is 2.26. The maximum absolute atomic E-state index is 12.5. The SMILES string of the molecule is CCSc1n[nH]c(N)c1S(=O)(=O)c1ccccc1. The predicted octanol–water partition coefficient (Wildman–Crippen LogP) is 1.94. The lowest BCUT2D eigenvalue weighted by Crippen LogP contribution is -2.05. The van der Waals surface area contributed by atoms with E-state index in [0.717, 1.165) is 5.75 Å². The van der Waals surface area contributed by atoms with E-state index in [-0.39, 0.29) is 15.6 Å². The van der Waals surface area contributed by atoms with Gasteiger partial charge in [0.25, 0.3) is 0 Å². The Morgan fingerprint density at radius 2 is 2.00 bits per heavy atom. The first kappa shape index (κ1) is 13.0. The Bertz CT molecular complexity index is 636. The molecule has 0 saturated heterocycles. The molecule has 1 aromatic heterocycles. The second-order valence-electron chi connectivity index (χ2n) is 3.52. The van der Waals surface area contributed by atoms with Crippen LogP contribution < -0.4 is 5.73 Å². The Morgan fingerprint density at radius 3 is 2.61 bits per heavy atom. The van der Waals surface area contributed by atoms with E-state index < -0.39 is 9.84 Å². The smallest absolute Gasteiger partial charge is 0.212 e. The fourth-order valence-electron chi connectivity index (χ4n) is 1.54. The Morgan fingerprint density at radius 1 is 1.33 bits per heavy atom. The summed E-state index contributed by atoms with van der Waals surface area (Å²) >= 11 is 1.34. The highest BCUT2D eigenvalue weighted by atomic mass is 32.2. The van der Waals surface area contributed by atoms with Gasteiger partial charge in [-0.25, -0.2) is 8.42 Å². The lowest BCUT2D eigenvalue weighted by atomic mass is 10.4. The normalized spacial score (nSPS) is 11.6. The highest BCUT2D eigenvalue weighted by molar-refractivity contribution is 8.00. The molecule has 2 rings (SSSR count). The number of anilines is 1. The first-order valence-electron chi connectivity index (χ1n) is 5.34. The van der Waals surface area contributed by atoms with Crippen molar-refractivity contribution in [1.82, 2.24) is 10.2 Å². The molecule has 0 radical (unpaired) electrons. The molecule has 0 amide bonds. The van der Waals surface area contributed by atoms with Gasteiger partial charge in [-0.3, -0.25) is 5.10 Å². The Kier molecular flexibility index (Phi) is 3.63. The van der Waals surface area contributed by atoms with Crippen molar-refractivity contribution in [3.05, 3.63) is 30.3 Å². The number of rotatable bonds is 4. The summed E-state index contributed by atoms with van der Waals surface area (Å²) in [4.78, 5) is 0.289. The summed E-state index contributed by atoms with van der Waals surface area (Å²) in [6.07, 6.45) is 0. The number of hydrogen-bond donors (Lipinski definition) is 2. The zero-order chi connectivity index (χ0) is 13.2. The van der Waals surface area contributed by atoms with Crippen LogP contribution in [0.25, 0.3) is 0 Å². The molecule has 5 nitrogen and oxygen atoms in total. The molecular weight excluding hydrogens is 270 g/mol. The molecular formula is C11H13N3O2S2. The maximum Gasteiger partial charge on any atom is 0.212 e. The van der Waals surface area contributed by atoms with E-state index in [1.165, 1.54) is 11.8 Å². The standard InChI is InChI=1S/C11H13N3O2S2/c1-2-17-11-9(10(12)13-14-11)18(15,16)8-6-4-3-5-7-8/h3-7H,2H2,1H3,(H3,12,13,14). The summed E-state index contributed by atoms with van der Waals surface area (Å²) in [5.74, 6) is 0.802. The fourth-order valence-corrected chi connectivity index (χ4v) is 4.03. The molecule has 3 N–H and O–H groups in total. The van der Waals surface area contributed by atoms with Crippen molar-refractivity contribution in [3.8, 4) is 0 Å². The second-order valence-corrected chi connectivity index (χ2v) is 6.66. The van der Waals surface area contributed by atoms with Gasteiger partial charge in [0.05, 0.1) is 4.90 Å². The quantitative estimate of drug-likeness (QED) is 0.837. The summed E-state index contributed by atoms with van der Waals surface area (Å²) in [5.41, 5.74) is 5.68. The molecule has 0 aliphatic rings. The third-order valence-corrected chi connectivity index (χ3v) is 5.15. The monoisotopic (exact) mass is 283 g/mol. The van der Waals surface area contributed by atoms with Crippen LogP contribution in [0.2, 0.25) is 0 Å². The zero-order valence-electron chi connectivity index (χ0n) is 9.75. The minimum Gasteiger partial charge on any atom is -0.383 e. The Labute approximate surface area is 110 Å². The number of aromatic amines is 1. The van der Waals surface area contributed by atoms with Crippen molar-refractivity contribution < 1.29 is 8.42 Å². The van der Waals surface area contributed by atoms with Crippen LogP contribution in [0.1, 0.15) is 6.92 Å². The summed E-state index contributed by atoms with van der Waals surface area (Å²) in [6.45, 7) is 1.93. The largest absolute Gasteiger partial charge is 0.383 e. The molecule has 1 aromatic carbocycles. The van der Waals surface area contributed by atoms with E-state index >= 15 is 0 Å². The minimum absolute atomic E-state index is 0.0700. The number of thioether (sulfide) groups is 1. The second kappa shape index (κ2) is 5.03. The van der Waals surface area contributed by atoms with E-state index in [2.05, 4.69) is 10.2 Å². The van der Waals surface area contributed by atoms with E-state index in [4.69, 9.17) is 5.73 Å². The molecule has 0 fully saturated rings. The molecule has 0 saturated carbocycles. The molecule has 0 bridgehead atoms. The number of nitrogen functional groups attached to an aromatic ring is 1. The third kappa shape index (κ3) is 2.23. The topological polar surface area (TPSA) is 88.8 Å². The van der Waals surface area contributed by atoms with E-state index in [1.807, 2.05) is 6.92 Å². The highest BCUT2D eigenvalue weighted by Crippen LogP contribution is 2.32. The fraction of sp³-hybridized carbons (Fsp3) is 0.182. The molecule has 96 valence electrons. The van der Waals surface area contributed by atoms with Gasteiger partial charge in [-0.2, -0.15) is 5.10 Å². The molecule has 0 unspecified atom stereocenters. The van der Waals surface area contributed by atoms with Gasteiger partial charge >= 0.3 is 0 Å². The van der Waals surface area contributed by atoms with Crippen molar-refractivity contribution in [2.24, 2.45) is 0 Å². The van der Waals surface area contributed by atoms with Crippen molar-refractivity contribution >= 4 is 27.4 Å². The lowest BCUT2D eigenvalue weighted by molar-refractivity contribution is 0.594. The van der Waals surface area contributed by atoms with Gasteiger partial charge in [-0.1, -0.05) is 25.1 Å². The van der Waals surface area contributed by atoms with Gasteiger partial charge in [0, 0.05) is 0 Å². The third-order valence-electron chi connectivity index (χ3n) is 2.32. The van der Waals surface area contributed by atoms with Gasteiger partial charge in [-0.05, 0) is 17.9 Å². The number of nitrogens with two attached hydrogens (primary N) is 1. The van der Waals surface area contributed by atoms with Gasteiger partial charge in [0.2, 0.25) is 9.84 Å². The number of aromatic nitrogens is 2. The Hall–Kier alpha value is -1.47. The molecule has 0 atom stereocenters. The molecule has 0 aliphatic carbocycles. The molecule has 18 heavy (non-hydrogen) atoms. The zero-order valence-corrected chi connectivity index (χ0v) is 11.4. The minimum atomic E-state index is -3.62. The van der Waals surface area contributed by atoms with Gasteiger partial charge in [0.15, 0.2) is 0 Å². The maximum atomic E-state index is 12.5. The van der Waals surface area contributed by atoms with Crippen LogP contribution in [0.5, 0.6) is 0 Å². The number of sulfone groups is 1. The lowest BCUT2D eigenvalue weighted by Gasteiger charge is -2.04. The summed E-state index contributed by atoms with van der Waals surface area (Å²) in [5, 5.41) is 6.87. The van der Waals surface area contributed by atoms with E-state index in [1.54, 1.807) is 30.3 Å². The molecule has 2 aromatic rings. The first-order valence-corrected chi connectivity index (χ1v) is 7.81. The molecule has 7 heteroatoms. The van der Waals surface area contributed by atoms with Crippen LogP contribution in [0.15, 0.2) is 45.1 Å². The molecule has 1 heterocycles. The van der Waals surface area contributed by atoms with E-state index in [9.17, 15) is 8.42 Å². The number of hydrogen-bond acceptors (Lipinski definition) is 5. The number of H-pyrrole nitrogens is 1. The van der Waals surface area contributed by atoms with Crippen molar-refractivity contribution in [2.75, 3.05) is 11.5 Å². The van der Waals surface area contributed by atoms with Crippen LogP contribution >= 0.6 is 11.8 Å². The number of nitrogens with one attached hydrogen (secondary N) is 1. The van der Waals surface area contributed by atoms with Gasteiger partial charge in [-0.15, -0.1) is 11.8 Å². The first-order chi connectivity index (χ1) is 8.57. The van der Waals surface area contributed by atoms with E-state index in [0.29, 0.717) is 5.03 Å². The van der Waals surface area contributed by atoms with Gasteiger partial charge < -0.3 is 5.73 Å². The van der Waals surface area contributed by atoms with Gasteiger partial charge in [0.1, 0.15) is 15.7 Å². The van der Waals surface area contributed by atoms with Crippen LogP contribution in [0.3, 0.4) is 0 Å². The van der Waals surface area contributed by atoms with Crippen LogP contribution in [0.4, 0.5) is 5.82 Å². The summed E-state index contributed by atoms with van der Waals surface area (Å²) < 4.78 is 24.9. The van der Waals surface area contributed by atoms with Crippen LogP contribution in [0, 0.1) is 0 Å². The average molecular weight is 283 g/mol. The van der Waals surface area contributed by atoms with Crippen LogP contribution in [-0.2, 0) is 9.84 Å².